The van der Waals surface area contributed by atoms with Crippen molar-refractivity contribution in [2.24, 2.45) is 0 Å². The van der Waals surface area contributed by atoms with Crippen molar-refractivity contribution >= 4 is 23.2 Å². The van der Waals surface area contributed by atoms with Crippen LogP contribution in [0.2, 0.25) is 0 Å². The standard InChI is InChI=1S/C23H28N4O2/c28-22-18-24-21-11-5-4-10-20(21)23(29)27(22)13-7-6-12-25-14-16-26(17-15-25)19-8-2-1-3-9-19/h1-5,8-11,24H,6-7,12-18H2. The highest BCUT2D eigenvalue weighted by atomic mass is 16.2. The molecule has 0 radical (unpaired) electrons. The lowest BCUT2D eigenvalue weighted by Gasteiger charge is -2.36. The number of carbonyl (C=O) groups is 2. The molecule has 0 bridgehead atoms. The summed E-state index contributed by atoms with van der Waals surface area (Å²) in [5.41, 5.74) is 2.61. The molecule has 1 fully saturated rings. The van der Waals surface area contributed by atoms with Crippen LogP contribution in [0.3, 0.4) is 0 Å². The summed E-state index contributed by atoms with van der Waals surface area (Å²) < 4.78 is 0. The number of piperazine rings is 1. The third-order valence-electron chi connectivity index (χ3n) is 5.73. The molecule has 0 aliphatic carbocycles. The maximum atomic E-state index is 12.8. The molecule has 0 unspecified atom stereocenters. The summed E-state index contributed by atoms with van der Waals surface area (Å²) in [6, 6.07) is 17.9. The molecular formula is C23H28N4O2. The number of amides is 2. The SMILES string of the molecule is O=C1CNc2ccccc2C(=O)N1CCCCN1CCN(c2ccccc2)CC1. The summed E-state index contributed by atoms with van der Waals surface area (Å²) in [5, 5.41) is 3.07. The van der Waals surface area contributed by atoms with Crippen molar-refractivity contribution in [1.82, 2.24) is 9.80 Å². The van der Waals surface area contributed by atoms with Gasteiger partial charge in [-0.15, -0.1) is 0 Å². The van der Waals surface area contributed by atoms with E-state index in [4.69, 9.17) is 0 Å². The van der Waals surface area contributed by atoms with Gasteiger partial charge >= 0.3 is 0 Å². The molecule has 2 aliphatic heterocycles. The Morgan fingerprint density at radius 1 is 0.793 bits per heavy atom. The highest BCUT2D eigenvalue weighted by Gasteiger charge is 2.27. The molecule has 0 atom stereocenters. The van der Waals surface area contributed by atoms with Gasteiger partial charge in [-0.25, -0.2) is 0 Å². The number of rotatable bonds is 6. The zero-order valence-corrected chi connectivity index (χ0v) is 16.7. The molecule has 6 nitrogen and oxygen atoms in total. The van der Waals surface area contributed by atoms with Crippen LogP contribution in [0.15, 0.2) is 54.6 Å². The first-order valence-electron chi connectivity index (χ1n) is 10.4. The van der Waals surface area contributed by atoms with Crippen LogP contribution in [0, 0.1) is 0 Å². The van der Waals surface area contributed by atoms with Gasteiger partial charge in [0.25, 0.3) is 5.91 Å². The van der Waals surface area contributed by atoms with E-state index in [1.54, 1.807) is 6.07 Å². The fraction of sp³-hybridized carbons (Fsp3) is 0.391. The second kappa shape index (κ2) is 9.09. The van der Waals surface area contributed by atoms with Crippen LogP contribution >= 0.6 is 0 Å². The molecule has 1 saturated heterocycles. The summed E-state index contributed by atoms with van der Waals surface area (Å²) in [4.78, 5) is 31.5. The summed E-state index contributed by atoms with van der Waals surface area (Å²) >= 11 is 0. The van der Waals surface area contributed by atoms with Crippen LogP contribution in [0.4, 0.5) is 11.4 Å². The number of hydrogen-bond acceptors (Lipinski definition) is 5. The van der Waals surface area contributed by atoms with Gasteiger partial charge in [0, 0.05) is 44.1 Å². The Labute approximate surface area is 172 Å². The molecule has 4 rings (SSSR count). The van der Waals surface area contributed by atoms with Crippen LogP contribution in [-0.2, 0) is 4.79 Å². The van der Waals surface area contributed by atoms with Gasteiger partial charge in [0.15, 0.2) is 0 Å². The van der Waals surface area contributed by atoms with Crippen molar-refractivity contribution in [1.29, 1.82) is 0 Å². The van der Waals surface area contributed by atoms with Gasteiger partial charge in [-0.2, -0.15) is 0 Å². The summed E-state index contributed by atoms with van der Waals surface area (Å²) in [6.45, 7) is 5.84. The Kier molecular flexibility index (Phi) is 6.10. The molecule has 29 heavy (non-hydrogen) atoms. The zero-order valence-electron chi connectivity index (χ0n) is 16.7. The van der Waals surface area contributed by atoms with E-state index in [9.17, 15) is 9.59 Å². The number of benzene rings is 2. The predicted molar refractivity (Wildman–Crippen MR) is 115 cm³/mol. The van der Waals surface area contributed by atoms with Gasteiger partial charge in [0.05, 0.1) is 12.1 Å². The molecule has 2 amide bonds. The number of hydrogen-bond donors (Lipinski definition) is 1. The van der Waals surface area contributed by atoms with E-state index < -0.39 is 0 Å². The molecule has 152 valence electrons. The number of nitrogens with one attached hydrogen (secondary N) is 1. The van der Waals surface area contributed by atoms with E-state index in [-0.39, 0.29) is 18.4 Å². The third kappa shape index (κ3) is 4.59. The lowest BCUT2D eigenvalue weighted by atomic mass is 10.1. The maximum absolute atomic E-state index is 12.8. The van der Waals surface area contributed by atoms with Crippen molar-refractivity contribution in [3.05, 3.63) is 60.2 Å². The minimum absolute atomic E-state index is 0.150. The highest BCUT2D eigenvalue weighted by molar-refractivity contribution is 6.10. The van der Waals surface area contributed by atoms with E-state index in [1.807, 2.05) is 24.3 Å². The molecule has 6 heteroatoms. The second-order valence-electron chi connectivity index (χ2n) is 7.62. The van der Waals surface area contributed by atoms with Crippen molar-refractivity contribution in [2.75, 3.05) is 56.0 Å². The van der Waals surface area contributed by atoms with Gasteiger partial charge in [0.2, 0.25) is 5.91 Å². The van der Waals surface area contributed by atoms with E-state index in [0.29, 0.717) is 12.1 Å². The zero-order chi connectivity index (χ0) is 20.1. The summed E-state index contributed by atoms with van der Waals surface area (Å²) in [7, 11) is 0. The maximum Gasteiger partial charge on any atom is 0.262 e. The molecule has 0 saturated carbocycles. The van der Waals surface area contributed by atoms with Crippen LogP contribution in [-0.4, -0.2) is 67.4 Å². The van der Waals surface area contributed by atoms with Crippen LogP contribution in [0.1, 0.15) is 23.2 Å². The van der Waals surface area contributed by atoms with Gasteiger partial charge in [0.1, 0.15) is 0 Å². The molecular weight excluding hydrogens is 364 g/mol. The van der Waals surface area contributed by atoms with Crippen molar-refractivity contribution in [2.45, 2.75) is 12.8 Å². The molecule has 2 aliphatic rings. The quantitative estimate of drug-likeness (QED) is 0.605. The van der Waals surface area contributed by atoms with E-state index in [0.717, 1.165) is 51.3 Å². The van der Waals surface area contributed by atoms with E-state index in [2.05, 4.69) is 39.4 Å². The Bertz CT molecular complexity index is 847. The summed E-state index contributed by atoms with van der Waals surface area (Å²) in [5.74, 6) is -0.338. The Hall–Kier alpha value is -2.86. The normalized spacial score (nSPS) is 17.7. The number of imide groups is 1. The largest absolute Gasteiger partial charge is 0.375 e. The van der Waals surface area contributed by atoms with Crippen LogP contribution in [0.5, 0.6) is 0 Å². The van der Waals surface area contributed by atoms with Crippen molar-refractivity contribution in [3.63, 3.8) is 0 Å². The molecule has 1 N–H and O–H groups in total. The first-order chi connectivity index (χ1) is 14.2. The number of fused-ring (bicyclic) bond motifs is 1. The Morgan fingerprint density at radius 3 is 2.28 bits per heavy atom. The van der Waals surface area contributed by atoms with E-state index >= 15 is 0 Å². The monoisotopic (exact) mass is 392 g/mol. The number of para-hydroxylation sites is 2. The fourth-order valence-corrected chi connectivity index (χ4v) is 4.05. The smallest absolute Gasteiger partial charge is 0.262 e. The van der Waals surface area contributed by atoms with Crippen molar-refractivity contribution in [3.8, 4) is 0 Å². The highest BCUT2D eigenvalue weighted by Crippen LogP contribution is 2.21. The molecule has 2 aromatic rings. The average molecular weight is 393 g/mol. The minimum atomic E-state index is -0.188. The van der Waals surface area contributed by atoms with Crippen LogP contribution in [0.25, 0.3) is 0 Å². The molecule has 2 aromatic carbocycles. The molecule has 0 spiro atoms. The lowest BCUT2D eigenvalue weighted by molar-refractivity contribution is -0.126. The third-order valence-corrected chi connectivity index (χ3v) is 5.73. The summed E-state index contributed by atoms with van der Waals surface area (Å²) in [6.07, 6.45) is 1.82. The lowest BCUT2D eigenvalue weighted by Crippen LogP contribution is -2.46. The number of nitrogens with zero attached hydrogens (tertiary/aromatic N) is 3. The Balaban J connectivity index is 1.23. The predicted octanol–water partition coefficient (Wildman–Crippen LogP) is 2.68. The molecule has 0 aromatic heterocycles. The Morgan fingerprint density at radius 2 is 1.48 bits per heavy atom. The fourth-order valence-electron chi connectivity index (χ4n) is 4.05. The number of anilines is 2. The van der Waals surface area contributed by atoms with Gasteiger partial charge in [-0.1, -0.05) is 30.3 Å². The van der Waals surface area contributed by atoms with Crippen LogP contribution < -0.4 is 10.2 Å². The van der Waals surface area contributed by atoms with Crippen molar-refractivity contribution < 1.29 is 9.59 Å². The number of unbranched alkanes of at least 4 members (excludes halogenated alkanes) is 1. The second-order valence-corrected chi connectivity index (χ2v) is 7.62. The average Bonchev–Trinajstić information content (AvgIpc) is 2.89. The first kappa shape index (κ1) is 19.5. The topological polar surface area (TPSA) is 55.9 Å². The first-order valence-corrected chi connectivity index (χ1v) is 10.4. The minimum Gasteiger partial charge on any atom is -0.375 e. The van der Waals surface area contributed by atoms with Gasteiger partial charge in [-0.05, 0) is 43.7 Å². The molecule has 2 heterocycles. The van der Waals surface area contributed by atoms with E-state index in [1.165, 1.54) is 10.6 Å². The van der Waals surface area contributed by atoms with Gasteiger partial charge in [-0.3, -0.25) is 19.4 Å². The van der Waals surface area contributed by atoms with Gasteiger partial charge < -0.3 is 10.2 Å². The number of carbonyl (C=O) groups excluding carboxylic acids is 2.